The van der Waals surface area contributed by atoms with Crippen molar-refractivity contribution >= 4 is 16.9 Å². The van der Waals surface area contributed by atoms with Crippen LogP contribution in [0.1, 0.15) is 87.0 Å². The van der Waals surface area contributed by atoms with Gasteiger partial charge in [-0.15, -0.1) is 5.10 Å². The third kappa shape index (κ3) is 6.84. The highest BCUT2D eigenvalue weighted by atomic mass is 16.6. The first-order valence-corrected chi connectivity index (χ1v) is 14.3. The van der Waals surface area contributed by atoms with Crippen LogP contribution < -0.4 is 10.3 Å². The zero-order valence-electron chi connectivity index (χ0n) is 25.3. The number of aryl methyl sites for hydroxylation is 1. The van der Waals surface area contributed by atoms with E-state index in [0.29, 0.717) is 16.5 Å². The molecule has 0 N–H and O–H groups in total. The van der Waals surface area contributed by atoms with Gasteiger partial charge in [0.05, 0.1) is 17.5 Å². The van der Waals surface area contributed by atoms with Crippen molar-refractivity contribution < 1.29 is 14.3 Å². The van der Waals surface area contributed by atoms with Gasteiger partial charge in [-0.3, -0.25) is 4.79 Å². The van der Waals surface area contributed by atoms with E-state index in [2.05, 4.69) is 64.0 Å². The maximum Gasteiger partial charge on any atom is 0.338 e. The van der Waals surface area contributed by atoms with Gasteiger partial charge in [-0.1, -0.05) is 82.7 Å². The monoisotopic (exact) mass is 555 g/mol. The van der Waals surface area contributed by atoms with E-state index in [1.165, 1.54) is 15.8 Å². The summed E-state index contributed by atoms with van der Waals surface area (Å²) in [6, 6.07) is 18.9. The lowest BCUT2D eigenvalue weighted by molar-refractivity contribution is 0.0449. The van der Waals surface area contributed by atoms with Crippen molar-refractivity contribution in [1.29, 1.82) is 0 Å². The summed E-state index contributed by atoms with van der Waals surface area (Å²) in [6.07, 6.45) is 2.03. The number of hydrogen-bond donors (Lipinski definition) is 0. The van der Waals surface area contributed by atoms with Crippen molar-refractivity contribution in [2.75, 3.05) is 13.2 Å². The number of benzene rings is 3. The van der Waals surface area contributed by atoms with Gasteiger partial charge in [-0.05, 0) is 72.1 Å². The second-order valence-corrected chi connectivity index (χ2v) is 11.9. The van der Waals surface area contributed by atoms with Crippen LogP contribution in [0.3, 0.4) is 0 Å². The number of aromatic nitrogens is 3. The molecule has 4 aromatic rings. The molecular weight excluding hydrogens is 514 g/mol. The van der Waals surface area contributed by atoms with Gasteiger partial charge in [0.25, 0.3) is 5.56 Å². The van der Waals surface area contributed by atoms with Crippen molar-refractivity contribution in [3.05, 3.63) is 98.8 Å². The van der Waals surface area contributed by atoms with Gasteiger partial charge in [-0.2, -0.15) is 0 Å². The van der Waals surface area contributed by atoms with Crippen LogP contribution in [0.25, 0.3) is 10.9 Å². The van der Waals surface area contributed by atoms with Crippen LogP contribution in [0.4, 0.5) is 0 Å². The van der Waals surface area contributed by atoms with Gasteiger partial charge < -0.3 is 9.47 Å². The molecular formula is C34H41N3O4. The molecule has 7 heteroatoms. The van der Waals surface area contributed by atoms with E-state index < -0.39 is 5.97 Å². The molecule has 0 saturated heterocycles. The molecule has 0 saturated carbocycles. The molecule has 0 aliphatic rings. The Morgan fingerprint density at radius 1 is 0.878 bits per heavy atom. The summed E-state index contributed by atoms with van der Waals surface area (Å²) in [6.45, 7) is 15.9. The first-order chi connectivity index (χ1) is 19.4. The minimum Gasteiger partial charge on any atom is -0.490 e. The molecule has 216 valence electrons. The van der Waals surface area contributed by atoms with Crippen LogP contribution >= 0.6 is 0 Å². The largest absolute Gasteiger partial charge is 0.490 e. The number of fused-ring (bicyclic) bond motifs is 1. The lowest BCUT2D eigenvalue weighted by atomic mass is 9.76. The van der Waals surface area contributed by atoms with E-state index in [9.17, 15) is 9.59 Å². The average molecular weight is 556 g/mol. The van der Waals surface area contributed by atoms with Crippen LogP contribution in [0, 0.1) is 6.92 Å². The van der Waals surface area contributed by atoms with Crippen LogP contribution in [0.15, 0.2) is 65.5 Å². The zero-order chi connectivity index (χ0) is 29.8. The van der Waals surface area contributed by atoms with Gasteiger partial charge in [-0.25, -0.2) is 9.48 Å². The quantitative estimate of drug-likeness (QED) is 0.150. The van der Waals surface area contributed by atoms with Crippen molar-refractivity contribution in [1.82, 2.24) is 15.0 Å². The van der Waals surface area contributed by atoms with Gasteiger partial charge in [0, 0.05) is 5.56 Å². The van der Waals surface area contributed by atoms with Crippen molar-refractivity contribution in [3.63, 3.8) is 0 Å². The van der Waals surface area contributed by atoms with Gasteiger partial charge in [0.15, 0.2) is 0 Å². The SMILES string of the molecule is CCC(C)(C)c1ccc(OCCOC(=O)c2ccc(Cn3nnc4ccc(C)cc4c3=O)cc2)c(C(C)(C)CC)c1. The Labute approximate surface area is 242 Å². The molecule has 0 spiro atoms. The third-order valence-electron chi connectivity index (χ3n) is 8.23. The standard InChI is InChI=1S/C34H41N3O4/c1-8-33(4,5)26-15-17-30(28(21-26)34(6,7)9-2)40-18-19-41-32(39)25-13-11-24(12-14-25)22-37-31(38)27-20-23(3)10-16-29(27)35-36-37/h10-17,20-21H,8-9,18-19,22H2,1-7H3. The molecule has 0 bridgehead atoms. The summed E-state index contributed by atoms with van der Waals surface area (Å²) in [5.41, 5.74) is 5.13. The number of esters is 1. The molecule has 4 rings (SSSR count). The molecule has 0 amide bonds. The van der Waals surface area contributed by atoms with Crippen LogP contribution in [0.5, 0.6) is 5.75 Å². The normalized spacial score (nSPS) is 12.0. The number of hydrogen-bond acceptors (Lipinski definition) is 6. The smallest absolute Gasteiger partial charge is 0.338 e. The Kier molecular flexibility index (Phi) is 8.95. The highest BCUT2D eigenvalue weighted by molar-refractivity contribution is 5.89. The lowest BCUT2D eigenvalue weighted by Crippen LogP contribution is -2.24. The molecule has 0 atom stereocenters. The lowest BCUT2D eigenvalue weighted by Gasteiger charge is -2.30. The van der Waals surface area contributed by atoms with E-state index in [4.69, 9.17) is 9.47 Å². The average Bonchev–Trinajstić information content (AvgIpc) is 2.97. The Balaban J connectivity index is 1.36. The second-order valence-electron chi connectivity index (χ2n) is 11.9. The Bertz CT molecular complexity index is 1590. The van der Waals surface area contributed by atoms with E-state index in [0.717, 1.165) is 29.7 Å². The maximum atomic E-state index is 12.9. The molecule has 0 fully saturated rings. The predicted octanol–water partition coefficient (Wildman–Crippen LogP) is 6.76. The summed E-state index contributed by atoms with van der Waals surface area (Å²) < 4.78 is 12.9. The van der Waals surface area contributed by atoms with Crippen LogP contribution in [-0.2, 0) is 22.1 Å². The number of ether oxygens (including phenoxy) is 2. The second kappa shape index (κ2) is 12.2. The molecule has 0 aliphatic heterocycles. The molecule has 1 heterocycles. The highest BCUT2D eigenvalue weighted by Crippen LogP contribution is 2.38. The van der Waals surface area contributed by atoms with Gasteiger partial charge in [0.1, 0.15) is 24.5 Å². The number of carbonyl (C=O) groups excluding carboxylic acids is 1. The van der Waals surface area contributed by atoms with Gasteiger partial charge >= 0.3 is 5.97 Å². The van der Waals surface area contributed by atoms with E-state index in [1.807, 2.05) is 25.1 Å². The first kappa shape index (κ1) is 30.0. The summed E-state index contributed by atoms with van der Waals surface area (Å²) in [5.74, 6) is 0.405. The Morgan fingerprint density at radius 2 is 1.59 bits per heavy atom. The fourth-order valence-corrected chi connectivity index (χ4v) is 4.58. The fourth-order valence-electron chi connectivity index (χ4n) is 4.58. The molecule has 0 radical (unpaired) electrons. The topological polar surface area (TPSA) is 83.3 Å². The molecule has 41 heavy (non-hydrogen) atoms. The van der Waals surface area contributed by atoms with Crippen molar-refractivity contribution in [2.45, 2.75) is 78.7 Å². The molecule has 1 aromatic heterocycles. The summed E-state index contributed by atoms with van der Waals surface area (Å²) >= 11 is 0. The fraction of sp³-hybridized carbons (Fsp3) is 0.412. The first-order valence-electron chi connectivity index (χ1n) is 14.3. The molecule has 3 aromatic carbocycles. The number of nitrogens with zero attached hydrogens (tertiary/aromatic N) is 3. The Morgan fingerprint density at radius 3 is 2.27 bits per heavy atom. The maximum absolute atomic E-state index is 12.9. The third-order valence-corrected chi connectivity index (χ3v) is 8.23. The summed E-state index contributed by atoms with van der Waals surface area (Å²) in [5, 5.41) is 8.75. The zero-order valence-corrected chi connectivity index (χ0v) is 25.3. The molecule has 0 aliphatic carbocycles. The Hall–Kier alpha value is -4.00. The minimum atomic E-state index is -0.424. The van der Waals surface area contributed by atoms with Gasteiger partial charge in [0.2, 0.25) is 0 Å². The van der Waals surface area contributed by atoms with Crippen LogP contribution in [0.2, 0.25) is 0 Å². The molecule has 0 unspecified atom stereocenters. The summed E-state index contributed by atoms with van der Waals surface area (Å²) in [7, 11) is 0. The van der Waals surface area contributed by atoms with Crippen molar-refractivity contribution in [2.24, 2.45) is 0 Å². The van der Waals surface area contributed by atoms with E-state index in [1.54, 1.807) is 30.3 Å². The number of carbonyl (C=O) groups is 1. The minimum absolute atomic E-state index is 0.0455. The van der Waals surface area contributed by atoms with Crippen LogP contribution in [-0.4, -0.2) is 34.2 Å². The summed E-state index contributed by atoms with van der Waals surface area (Å²) in [4.78, 5) is 25.5. The highest BCUT2D eigenvalue weighted by Gasteiger charge is 2.26. The predicted molar refractivity (Wildman–Crippen MR) is 163 cm³/mol. The number of rotatable bonds is 11. The van der Waals surface area contributed by atoms with Crippen molar-refractivity contribution in [3.8, 4) is 5.75 Å². The molecule has 7 nitrogen and oxygen atoms in total. The van der Waals surface area contributed by atoms with E-state index in [-0.39, 0.29) is 36.1 Å². The van der Waals surface area contributed by atoms with E-state index >= 15 is 0 Å².